The minimum Gasteiger partial charge on any atom is -0.550 e. The molecule has 4 nitrogen and oxygen atoms in total. The maximum atomic E-state index is 10.6. The first-order valence-corrected chi connectivity index (χ1v) is 9.16. The van der Waals surface area contributed by atoms with Crippen LogP contribution in [-0.2, 0) is 16.6 Å². The number of carboxylic acids is 1. The summed E-state index contributed by atoms with van der Waals surface area (Å²) in [4.78, 5) is 11.9. The fraction of sp³-hybridized carbons (Fsp3) is 0.350. The molecule has 5 heteroatoms. The van der Waals surface area contributed by atoms with Crippen molar-refractivity contribution in [2.45, 2.75) is 43.9 Å². The number of benzene rings is 1. The number of fused-ring (bicyclic) bond motifs is 1. The SMILES string of the molecule is Cc1cc2c(cc1C#Cc1ccc(CC(=O)[O-])nn1)C(C)(C)CCS2. The smallest absolute Gasteiger partial charge is 0.136 e. The fourth-order valence-corrected chi connectivity index (χ4v) is 4.40. The molecule has 0 bridgehead atoms. The van der Waals surface area contributed by atoms with Gasteiger partial charge in [-0.3, -0.25) is 0 Å². The van der Waals surface area contributed by atoms with Crippen LogP contribution in [0.1, 0.15) is 48.3 Å². The van der Waals surface area contributed by atoms with E-state index >= 15 is 0 Å². The zero-order valence-corrected chi connectivity index (χ0v) is 15.4. The summed E-state index contributed by atoms with van der Waals surface area (Å²) < 4.78 is 0. The maximum absolute atomic E-state index is 10.6. The van der Waals surface area contributed by atoms with E-state index in [2.05, 4.69) is 54.9 Å². The molecule has 0 N–H and O–H groups in total. The number of thioether (sulfide) groups is 1. The third-order valence-electron chi connectivity index (χ3n) is 4.41. The number of hydrogen-bond acceptors (Lipinski definition) is 5. The number of hydrogen-bond donors (Lipinski definition) is 0. The van der Waals surface area contributed by atoms with E-state index in [1.807, 2.05) is 11.8 Å². The molecule has 1 aromatic heterocycles. The second-order valence-electron chi connectivity index (χ2n) is 6.85. The lowest BCUT2D eigenvalue weighted by molar-refractivity contribution is -0.304. The average molecular weight is 351 g/mol. The number of rotatable bonds is 2. The van der Waals surface area contributed by atoms with Crippen LogP contribution >= 0.6 is 11.8 Å². The minimum absolute atomic E-state index is 0.164. The Labute approximate surface area is 152 Å². The topological polar surface area (TPSA) is 65.9 Å². The summed E-state index contributed by atoms with van der Waals surface area (Å²) >= 11 is 1.91. The van der Waals surface area contributed by atoms with Crippen molar-refractivity contribution in [3.05, 3.63) is 52.3 Å². The van der Waals surface area contributed by atoms with Crippen LogP contribution in [0.4, 0.5) is 0 Å². The number of aliphatic carboxylic acids is 1. The number of carbonyl (C=O) groups excluding carboxylic acids is 1. The van der Waals surface area contributed by atoms with Gasteiger partial charge in [-0.05, 0) is 65.8 Å². The van der Waals surface area contributed by atoms with Gasteiger partial charge in [-0.25, -0.2) is 0 Å². The van der Waals surface area contributed by atoms with Gasteiger partial charge in [0, 0.05) is 22.8 Å². The molecule has 0 aliphatic carbocycles. The lowest BCUT2D eigenvalue weighted by Gasteiger charge is -2.32. The molecule has 0 unspecified atom stereocenters. The van der Waals surface area contributed by atoms with Crippen LogP contribution in [0.25, 0.3) is 0 Å². The van der Waals surface area contributed by atoms with Crippen molar-refractivity contribution >= 4 is 17.7 Å². The van der Waals surface area contributed by atoms with Crippen molar-refractivity contribution in [3.63, 3.8) is 0 Å². The Hall–Kier alpha value is -2.32. The summed E-state index contributed by atoms with van der Waals surface area (Å²) in [6.07, 6.45) is 0.920. The van der Waals surface area contributed by atoms with Crippen molar-refractivity contribution < 1.29 is 9.90 Å². The summed E-state index contributed by atoms with van der Waals surface area (Å²) in [7, 11) is 0. The first kappa shape index (κ1) is 17.5. The lowest BCUT2D eigenvalue weighted by atomic mass is 9.80. The molecule has 0 radical (unpaired) electrons. The predicted molar refractivity (Wildman–Crippen MR) is 96.3 cm³/mol. The van der Waals surface area contributed by atoms with Gasteiger partial charge in [-0.1, -0.05) is 19.8 Å². The Morgan fingerprint density at radius 2 is 2.08 bits per heavy atom. The van der Waals surface area contributed by atoms with Gasteiger partial charge in [0.15, 0.2) is 0 Å². The number of aromatic nitrogens is 2. The highest BCUT2D eigenvalue weighted by molar-refractivity contribution is 7.99. The first-order chi connectivity index (χ1) is 11.8. The molecule has 0 saturated heterocycles. The molecule has 0 saturated carbocycles. The van der Waals surface area contributed by atoms with Crippen LogP contribution in [0, 0.1) is 18.8 Å². The van der Waals surface area contributed by atoms with Gasteiger partial charge < -0.3 is 9.90 Å². The molecule has 0 atom stereocenters. The first-order valence-electron chi connectivity index (χ1n) is 8.17. The third-order valence-corrected chi connectivity index (χ3v) is 5.47. The van der Waals surface area contributed by atoms with Gasteiger partial charge in [0.25, 0.3) is 0 Å². The van der Waals surface area contributed by atoms with Gasteiger partial charge in [-0.15, -0.1) is 16.9 Å². The number of carboxylic acid groups (broad SMARTS) is 1. The van der Waals surface area contributed by atoms with E-state index in [4.69, 9.17) is 0 Å². The molecule has 2 heterocycles. The Morgan fingerprint density at radius 1 is 1.28 bits per heavy atom. The van der Waals surface area contributed by atoms with Crippen molar-refractivity contribution in [1.82, 2.24) is 10.2 Å². The zero-order valence-electron chi connectivity index (χ0n) is 14.5. The molecule has 25 heavy (non-hydrogen) atoms. The Bertz CT molecular complexity index is 877. The van der Waals surface area contributed by atoms with Crippen molar-refractivity contribution in [2.24, 2.45) is 0 Å². The number of nitrogens with zero attached hydrogens (tertiary/aromatic N) is 2. The maximum Gasteiger partial charge on any atom is 0.136 e. The standard InChI is InChI=1S/C20H20N2O2S/c1-13-10-18-17(20(2,3)8-9-25-18)11-14(13)4-5-15-6-7-16(22-21-15)12-19(23)24/h6-7,10-11H,8-9,12H2,1-3H3,(H,23,24)/p-1. The van der Waals surface area contributed by atoms with Crippen LogP contribution < -0.4 is 5.11 Å². The van der Waals surface area contributed by atoms with Crippen LogP contribution in [-0.4, -0.2) is 21.9 Å². The van der Waals surface area contributed by atoms with Crippen LogP contribution in [0.15, 0.2) is 29.2 Å². The second kappa shape index (κ2) is 6.89. The molecular formula is C20H19N2O2S-. The summed E-state index contributed by atoms with van der Waals surface area (Å²) in [5, 5.41) is 18.4. The van der Waals surface area contributed by atoms with Gasteiger partial charge in [0.2, 0.25) is 0 Å². The second-order valence-corrected chi connectivity index (χ2v) is 7.99. The molecule has 128 valence electrons. The molecule has 0 amide bonds. The molecule has 0 spiro atoms. The highest BCUT2D eigenvalue weighted by Crippen LogP contribution is 2.42. The lowest BCUT2D eigenvalue weighted by Crippen LogP contribution is -2.24. The van der Waals surface area contributed by atoms with E-state index in [-0.39, 0.29) is 11.8 Å². The van der Waals surface area contributed by atoms with Gasteiger partial charge >= 0.3 is 0 Å². The van der Waals surface area contributed by atoms with Crippen molar-refractivity contribution in [2.75, 3.05) is 5.75 Å². The quantitative estimate of drug-likeness (QED) is 0.777. The molecule has 1 aliphatic heterocycles. The Balaban J connectivity index is 1.89. The summed E-state index contributed by atoms with van der Waals surface area (Å²) in [6.45, 7) is 6.63. The van der Waals surface area contributed by atoms with E-state index in [1.54, 1.807) is 12.1 Å². The molecule has 2 aromatic rings. The largest absolute Gasteiger partial charge is 0.550 e. The molecule has 0 fully saturated rings. The Morgan fingerprint density at radius 3 is 2.76 bits per heavy atom. The number of aryl methyl sites for hydroxylation is 1. The van der Waals surface area contributed by atoms with E-state index in [9.17, 15) is 9.90 Å². The average Bonchev–Trinajstić information content (AvgIpc) is 2.54. The Kier molecular flexibility index (Phi) is 4.82. The van der Waals surface area contributed by atoms with Crippen LogP contribution in [0.2, 0.25) is 0 Å². The summed E-state index contributed by atoms with van der Waals surface area (Å²) in [5.41, 5.74) is 4.56. The fourth-order valence-electron chi connectivity index (χ4n) is 2.82. The van der Waals surface area contributed by atoms with E-state index in [0.717, 1.165) is 23.3 Å². The molecular weight excluding hydrogens is 332 g/mol. The third kappa shape index (κ3) is 4.02. The van der Waals surface area contributed by atoms with Crippen molar-refractivity contribution in [1.29, 1.82) is 0 Å². The van der Waals surface area contributed by atoms with Gasteiger partial charge in [0.1, 0.15) is 5.69 Å². The molecule has 1 aromatic carbocycles. The van der Waals surface area contributed by atoms with Crippen LogP contribution in [0.3, 0.4) is 0 Å². The highest BCUT2D eigenvalue weighted by atomic mass is 32.2. The van der Waals surface area contributed by atoms with Gasteiger partial charge in [0.05, 0.1) is 5.69 Å². The van der Waals surface area contributed by atoms with E-state index < -0.39 is 5.97 Å². The predicted octanol–water partition coefficient (Wildman–Crippen LogP) is 2.25. The molecule has 3 rings (SSSR count). The van der Waals surface area contributed by atoms with Crippen LogP contribution in [0.5, 0.6) is 0 Å². The van der Waals surface area contributed by atoms with E-state index in [1.165, 1.54) is 10.5 Å². The van der Waals surface area contributed by atoms with E-state index in [0.29, 0.717) is 11.4 Å². The minimum atomic E-state index is -1.17. The molecule has 1 aliphatic rings. The number of carbonyl (C=O) groups is 1. The van der Waals surface area contributed by atoms with Crippen molar-refractivity contribution in [3.8, 4) is 11.8 Å². The zero-order chi connectivity index (χ0) is 18.0. The van der Waals surface area contributed by atoms with Gasteiger partial charge in [-0.2, -0.15) is 5.10 Å². The monoisotopic (exact) mass is 351 g/mol. The summed E-state index contributed by atoms with van der Waals surface area (Å²) in [5.74, 6) is 6.19. The normalized spacial score (nSPS) is 15.0. The highest BCUT2D eigenvalue weighted by Gasteiger charge is 2.28. The summed E-state index contributed by atoms with van der Waals surface area (Å²) in [6, 6.07) is 7.72.